The van der Waals surface area contributed by atoms with E-state index < -0.39 is 5.54 Å². The zero-order valence-electron chi connectivity index (χ0n) is 11.9. The number of unbranched alkanes of at least 4 members (excludes halogenated alkanes) is 1. The fourth-order valence-corrected chi connectivity index (χ4v) is 2.53. The highest BCUT2D eigenvalue weighted by atomic mass is 32.2. The van der Waals surface area contributed by atoms with Crippen molar-refractivity contribution >= 4 is 17.7 Å². The summed E-state index contributed by atoms with van der Waals surface area (Å²) < 4.78 is 4.80. The van der Waals surface area contributed by atoms with Crippen LogP contribution in [0, 0.1) is 6.92 Å². The van der Waals surface area contributed by atoms with Gasteiger partial charge >= 0.3 is 5.97 Å². The number of H-pyrrole nitrogens is 1. The van der Waals surface area contributed by atoms with Gasteiger partial charge in [0.15, 0.2) is 0 Å². The highest BCUT2D eigenvalue weighted by Gasteiger charge is 2.31. The molecule has 0 aliphatic rings. The normalized spacial score (nSPS) is 14.1. The predicted octanol–water partition coefficient (Wildman–Crippen LogP) is 1.53. The highest BCUT2D eigenvalue weighted by Crippen LogP contribution is 2.19. The van der Waals surface area contributed by atoms with Crippen molar-refractivity contribution in [1.29, 1.82) is 0 Å². The van der Waals surface area contributed by atoms with Crippen LogP contribution < -0.4 is 5.32 Å². The van der Waals surface area contributed by atoms with Crippen LogP contribution in [-0.4, -0.2) is 46.6 Å². The zero-order valence-corrected chi connectivity index (χ0v) is 12.8. The molecule has 0 spiro atoms. The summed E-state index contributed by atoms with van der Waals surface area (Å²) in [4.78, 5) is 15.9. The molecule has 0 saturated heterocycles. The molecule has 0 radical (unpaired) electrons. The lowest BCUT2D eigenvalue weighted by atomic mass is 9.95. The molecule has 7 heteroatoms. The molecule has 6 nitrogen and oxygen atoms in total. The number of nitrogens with one attached hydrogen (secondary N) is 2. The van der Waals surface area contributed by atoms with Gasteiger partial charge < -0.3 is 10.1 Å². The van der Waals surface area contributed by atoms with E-state index in [1.54, 1.807) is 18.8 Å². The molecule has 1 aromatic rings. The fourth-order valence-electron chi connectivity index (χ4n) is 1.69. The van der Waals surface area contributed by atoms with E-state index >= 15 is 0 Å². The topological polar surface area (TPSA) is 79.9 Å². The van der Waals surface area contributed by atoms with Crippen molar-refractivity contribution in [2.24, 2.45) is 0 Å². The maximum Gasteiger partial charge on any atom is 0.325 e. The molecule has 0 saturated carbocycles. The number of aromatic amines is 1. The molecule has 1 rings (SSSR count). The summed E-state index contributed by atoms with van der Waals surface area (Å²) in [6.45, 7) is 3.75. The summed E-state index contributed by atoms with van der Waals surface area (Å²) in [5.74, 6) is 1.56. The van der Waals surface area contributed by atoms with Crippen LogP contribution in [0.2, 0.25) is 0 Å². The number of hydrogen-bond donors (Lipinski definition) is 2. The van der Waals surface area contributed by atoms with Crippen molar-refractivity contribution in [3.8, 4) is 0 Å². The number of likely N-dealkylation sites (N-methyl/N-ethyl adjacent to an activating group) is 1. The first-order valence-corrected chi connectivity index (χ1v) is 7.29. The average Bonchev–Trinajstić information content (AvgIpc) is 2.82. The van der Waals surface area contributed by atoms with Gasteiger partial charge in [-0.25, -0.2) is 4.98 Å². The van der Waals surface area contributed by atoms with Gasteiger partial charge in [-0.1, -0.05) is 18.2 Å². The third kappa shape index (κ3) is 4.83. The molecule has 0 bridgehead atoms. The minimum absolute atomic E-state index is 0.216. The van der Waals surface area contributed by atoms with Crippen LogP contribution in [0.3, 0.4) is 0 Å². The van der Waals surface area contributed by atoms with Crippen LogP contribution in [0.25, 0.3) is 0 Å². The van der Waals surface area contributed by atoms with E-state index in [2.05, 4.69) is 20.5 Å². The number of aromatic nitrogens is 3. The van der Waals surface area contributed by atoms with Gasteiger partial charge in [-0.05, 0) is 33.7 Å². The molecule has 1 aromatic heterocycles. The lowest BCUT2D eigenvalue weighted by Crippen LogP contribution is -2.48. The van der Waals surface area contributed by atoms with E-state index in [4.69, 9.17) is 4.74 Å². The van der Waals surface area contributed by atoms with Gasteiger partial charge in [0.1, 0.15) is 11.4 Å². The van der Waals surface area contributed by atoms with Crippen LogP contribution in [0.5, 0.6) is 0 Å². The number of ether oxygens (including phenoxy) is 1. The first-order valence-electron chi connectivity index (χ1n) is 6.31. The van der Waals surface area contributed by atoms with Crippen molar-refractivity contribution < 1.29 is 9.53 Å². The third-order valence-electron chi connectivity index (χ3n) is 3.07. The summed E-state index contributed by atoms with van der Waals surface area (Å²) in [6.07, 6.45) is 2.71. The van der Waals surface area contributed by atoms with Crippen LogP contribution in [0.15, 0.2) is 5.16 Å². The van der Waals surface area contributed by atoms with Crippen molar-refractivity contribution in [2.45, 2.75) is 43.8 Å². The number of carbonyl (C=O) groups is 1. The first-order chi connectivity index (χ1) is 9.01. The molecule has 1 heterocycles. The lowest BCUT2D eigenvalue weighted by molar-refractivity contribution is -0.148. The van der Waals surface area contributed by atoms with Gasteiger partial charge in [0.25, 0.3) is 0 Å². The molecular weight excluding hydrogens is 264 g/mol. The van der Waals surface area contributed by atoms with E-state index in [1.807, 2.05) is 13.8 Å². The van der Waals surface area contributed by atoms with Gasteiger partial charge in [-0.3, -0.25) is 9.89 Å². The Labute approximate surface area is 118 Å². The van der Waals surface area contributed by atoms with Crippen LogP contribution >= 0.6 is 11.8 Å². The Morgan fingerprint density at radius 3 is 2.79 bits per heavy atom. The number of rotatable bonds is 8. The second kappa shape index (κ2) is 7.49. The van der Waals surface area contributed by atoms with Crippen molar-refractivity contribution in [1.82, 2.24) is 20.5 Å². The Balaban J connectivity index is 2.24. The van der Waals surface area contributed by atoms with Crippen LogP contribution in [-0.2, 0) is 9.53 Å². The number of hydrogen-bond acceptors (Lipinski definition) is 6. The Hall–Kier alpha value is -1.08. The molecule has 1 unspecified atom stereocenters. The molecule has 108 valence electrons. The molecule has 0 aliphatic carbocycles. The molecule has 1 atom stereocenters. The zero-order chi connectivity index (χ0) is 14.3. The standard InChI is InChI=1S/C12H22N4O2S/c1-9-14-11(16-15-9)19-8-6-5-7-12(2,13-3)10(17)18-4/h13H,5-8H2,1-4H3,(H,14,15,16). The number of nitrogens with zero attached hydrogens (tertiary/aromatic N) is 2. The monoisotopic (exact) mass is 286 g/mol. The van der Waals surface area contributed by atoms with Gasteiger partial charge in [0.2, 0.25) is 5.16 Å². The average molecular weight is 286 g/mol. The highest BCUT2D eigenvalue weighted by molar-refractivity contribution is 7.99. The Morgan fingerprint density at radius 2 is 2.26 bits per heavy atom. The SMILES string of the molecule is CNC(C)(CCCCSc1n[nH]c(C)n1)C(=O)OC. The number of carbonyl (C=O) groups excluding carboxylic acids is 1. The minimum Gasteiger partial charge on any atom is -0.468 e. The maximum atomic E-state index is 11.6. The first kappa shape index (κ1) is 16.0. The van der Waals surface area contributed by atoms with E-state index in [0.29, 0.717) is 0 Å². The third-order valence-corrected chi connectivity index (χ3v) is 4.00. The predicted molar refractivity (Wildman–Crippen MR) is 75.2 cm³/mol. The van der Waals surface area contributed by atoms with E-state index in [9.17, 15) is 4.79 Å². The largest absolute Gasteiger partial charge is 0.468 e. The Kier molecular flexibility index (Phi) is 6.30. The number of aryl methyl sites for hydroxylation is 1. The van der Waals surface area contributed by atoms with Gasteiger partial charge in [0, 0.05) is 5.75 Å². The maximum absolute atomic E-state index is 11.6. The molecule has 2 N–H and O–H groups in total. The second-order valence-corrected chi connectivity index (χ2v) is 5.64. The van der Waals surface area contributed by atoms with Crippen molar-refractivity contribution in [3.63, 3.8) is 0 Å². The van der Waals surface area contributed by atoms with Crippen molar-refractivity contribution in [3.05, 3.63) is 5.82 Å². The summed E-state index contributed by atoms with van der Waals surface area (Å²) in [6, 6.07) is 0. The molecule has 0 fully saturated rings. The summed E-state index contributed by atoms with van der Waals surface area (Å²) in [7, 11) is 3.20. The van der Waals surface area contributed by atoms with Gasteiger partial charge in [0.05, 0.1) is 7.11 Å². The minimum atomic E-state index is -0.597. The molecule has 0 aromatic carbocycles. The quantitative estimate of drug-likeness (QED) is 0.428. The number of esters is 1. The summed E-state index contributed by atoms with van der Waals surface area (Å²) >= 11 is 1.62. The lowest BCUT2D eigenvalue weighted by Gasteiger charge is -2.25. The van der Waals surface area contributed by atoms with Gasteiger partial charge in [-0.2, -0.15) is 0 Å². The van der Waals surface area contributed by atoms with E-state index in [-0.39, 0.29) is 5.97 Å². The van der Waals surface area contributed by atoms with Gasteiger partial charge in [-0.15, -0.1) is 5.10 Å². The Bertz CT molecular complexity index is 410. The van der Waals surface area contributed by atoms with Crippen molar-refractivity contribution in [2.75, 3.05) is 19.9 Å². The number of methoxy groups -OCH3 is 1. The molecule has 19 heavy (non-hydrogen) atoms. The van der Waals surface area contributed by atoms with E-state index in [0.717, 1.165) is 36.0 Å². The molecule has 0 aliphatic heterocycles. The second-order valence-electron chi connectivity index (χ2n) is 4.58. The smallest absolute Gasteiger partial charge is 0.325 e. The molecule has 0 amide bonds. The van der Waals surface area contributed by atoms with Crippen LogP contribution in [0.1, 0.15) is 32.0 Å². The fraction of sp³-hybridized carbons (Fsp3) is 0.750. The summed E-state index contributed by atoms with van der Waals surface area (Å²) in [5.41, 5.74) is -0.597. The number of thioether (sulfide) groups is 1. The Morgan fingerprint density at radius 1 is 1.53 bits per heavy atom. The van der Waals surface area contributed by atoms with E-state index in [1.165, 1.54) is 7.11 Å². The van der Waals surface area contributed by atoms with Crippen LogP contribution in [0.4, 0.5) is 0 Å². The summed E-state index contributed by atoms with van der Waals surface area (Å²) in [5, 5.41) is 10.7. The molecular formula is C12H22N4O2S.